The smallest absolute Gasteiger partial charge is 0.231 e. The first kappa shape index (κ1) is 23.1. The number of ether oxygens (including phenoxy) is 2. The van der Waals surface area contributed by atoms with E-state index in [4.69, 9.17) is 9.47 Å². The van der Waals surface area contributed by atoms with Crippen LogP contribution in [-0.2, 0) is 17.6 Å². The minimum atomic E-state index is -1.13. The molecule has 0 saturated carbocycles. The second kappa shape index (κ2) is 9.28. The van der Waals surface area contributed by atoms with E-state index in [-0.39, 0.29) is 11.9 Å². The Hall–Kier alpha value is -2.57. The molecule has 3 rings (SSSR count). The second-order valence-corrected chi connectivity index (χ2v) is 8.87. The summed E-state index contributed by atoms with van der Waals surface area (Å²) in [7, 11) is 3.26. The number of β-lactam (4-membered cyclic amide) rings is 1. The van der Waals surface area contributed by atoms with Crippen LogP contribution in [0.3, 0.4) is 0 Å². The first-order valence-electron chi connectivity index (χ1n) is 10.6. The molecule has 1 aliphatic heterocycles. The number of nitrogens with zero attached hydrogens (tertiary/aromatic N) is 1. The molecule has 2 aromatic carbocycles. The molecule has 6 nitrogen and oxygen atoms in total. The van der Waals surface area contributed by atoms with Crippen molar-refractivity contribution >= 4 is 5.91 Å². The van der Waals surface area contributed by atoms with Gasteiger partial charge in [0.1, 0.15) is 11.5 Å². The van der Waals surface area contributed by atoms with Crippen molar-refractivity contribution in [2.75, 3.05) is 14.2 Å². The Morgan fingerprint density at radius 2 is 1.35 bits per heavy atom. The summed E-state index contributed by atoms with van der Waals surface area (Å²) in [5.74, 6) is 0.835. The summed E-state index contributed by atoms with van der Waals surface area (Å²) in [6, 6.07) is 15.0. The highest BCUT2D eigenvalue weighted by Crippen LogP contribution is 2.39. The van der Waals surface area contributed by atoms with Gasteiger partial charge in [0.2, 0.25) is 5.91 Å². The van der Waals surface area contributed by atoms with E-state index in [0.717, 1.165) is 22.6 Å². The van der Waals surface area contributed by atoms with Gasteiger partial charge in [-0.25, -0.2) is 0 Å². The summed E-state index contributed by atoms with van der Waals surface area (Å²) in [5, 5.41) is 21.0. The molecule has 1 aliphatic rings. The number of hydrogen-bond acceptors (Lipinski definition) is 5. The van der Waals surface area contributed by atoms with Crippen LogP contribution < -0.4 is 9.47 Å². The summed E-state index contributed by atoms with van der Waals surface area (Å²) in [4.78, 5) is 14.9. The predicted octanol–water partition coefficient (Wildman–Crippen LogP) is 2.84. The van der Waals surface area contributed by atoms with Crippen molar-refractivity contribution in [3.8, 4) is 11.5 Å². The molecule has 6 heteroatoms. The number of benzene rings is 2. The Balaban J connectivity index is 1.92. The number of amides is 1. The lowest BCUT2D eigenvalue weighted by atomic mass is 9.73. The zero-order chi connectivity index (χ0) is 22.8. The van der Waals surface area contributed by atoms with Gasteiger partial charge in [-0.3, -0.25) is 4.79 Å². The zero-order valence-corrected chi connectivity index (χ0v) is 18.9. The highest BCUT2D eigenvalue weighted by molar-refractivity contribution is 5.87. The van der Waals surface area contributed by atoms with Crippen molar-refractivity contribution in [2.24, 2.45) is 5.92 Å². The van der Waals surface area contributed by atoms with Crippen molar-refractivity contribution in [3.05, 3.63) is 59.7 Å². The number of methoxy groups -OCH3 is 2. The fraction of sp³-hybridized carbons (Fsp3) is 0.480. The molecule has 1 heterocycles. The SMILES string of the molecule is COc1ccc(CC(Cc2ccc(OC)cc2)N2C(=O)[C@H]([C@@H](C)O)[C@H]2C(C)(C)O)cc1. The van der Waals surface area contributed by atoms with Crippen LogP contribution in [0.15, 0.2) is 48.5 Å². The normalized spacial score (nSPS) is 19.9. The van der Waals surface area contributed by atoms with E-state index < -0.39 is 23.7 Å². The molecule has 0 unspecified atom stereocenters. The van der Waals surface area contributed by atoms with Gasteiger partial charge in [-0.1, -0.05) is 24.3 Å². The van der Waals surface area contributed by atoms with Crippen LogP contribution in [0.4, 0.5) is 0 Å². The molecule has 0 bridgehead atoms. The highest BCUT2D eigenvalue weighted by Gasteiger charge is 2.57. The molecular formula is C25H33NO5. The third kappa shape index (κ3) is 5.02. The van der Waals surface area contributed by atoms with Crippen LogP contribution in [0.25, 0.3) is 0 Å². The van der Waals surface area contributed by atoms with E-state index in [1.54, 1.807) is 39.9 Å². The predicted molar refractivity (Wildman–Crippen MR) is 119 cm³/mol. The monoisotopic (exact) mass is 427 g/mol. The molecule has 3 atom stereocenters. The summed E-state index contributed by atoms with van der Waals surface area (Å²) in [6.45, 7) is 5.01. The van der Waals surface area contributed by atoms with Crippen LogP contribution in [0.2, 0.25) is 0 Å². The minimum Gasteiger partial charge on any atom is -0.497 e. The van der Waals surface area contributed by atoms with E-state index in [0.29, 0.717) is 12.8 Å². The number of carbonyl (C=O) groups is 1. The molecule has 1 amide bonds. The van der Waals surface area contributed by atoms with Crippen molar-refractivity contribution in [2.45, 2.75) is 57.4 Å². The van der Waals surface area contributed by atoms with Crippen LogP contribution >= 0.6 is 0 Å². The number of aliphatic hydroxyl groups is 2. The van der Waals surface area contributed by atoms with E-state index in [1.807, 2.05) is 48.5 Å². The van der Waals surface area contributed by atoms with Gasteiger partial charge in [-0.2, -0.15) is 0 Å². The summed E-state index contributed by atoms with van der Waals surface area (Å²) in [6.07, 6.45) is 0.435. The van der Waals surface area contributed by atoms with Gasteiger partial charge in [-0.15, -0.1) is 0 Å². The zero-order valence-electron chi connectivity index (χ0n) is 18.9. The molecule has 0 aliphatic carbocycles. The first-order chi connectivity index (χ1) is 14.7. The van der Waals surface area contributed by atoms with Gasteiger partial charge in [-0.05, 0) is 69.0 Å². The summed E-state index contributed by atoms with van der Waals surface area (Å²) in [5.41, 5.74) is 1.01. The molecule has 168 valence electrons. The third-order valence-corrected chi connectivity index (χ3v) is 6.08. The molecule has 0 aromatic heterocycles. The number of rotatable bonds is 9. The average Bonchev–Trinajstić information content (AvgIpc) is 2.72. The lowest BCUT2D eigenvalue weighted by molar-refractivity contribution is -0.189. The van der Waals surface area contributed by atoms with Crippen LogP contribution in [0.1, 0.15) is 31.9 Å². The van der Waals surface area contributed by atoms with Gasteiger partial charge >= 0.3 is 0 Å². The molecule has 2 N–H and O–H groups in total. The number of carbonyl (C=O) groups excluding carboxylic acids is 1. The van der Waals surface area contributed by atoms with Crippen molar-refractivity contribution in [3.63, 3.8) is 0 Å². The number of hydrogen-bond donors (Lipinski definition) is 2. The Kier molecular flexibility index (Phi) is 6.92. The first-order valence-corrected chi connectivity index (χ1v) is 10.6. The molecule has 0 radical (unpaired) electrons. The lowest BCUT2D eigenvalue weighted by Gasteiger charge is -2.56. The number of likely N-dealkylation sites (tertiary alicyclic amines) is 1. The quantitative estimate of drug-likeness (QED) is 0.602. The summed E-state index contributed by atoms with van der Waals surface area (Å²) < 4.78 is 10.5. The maximum absolute atomic E-state index is 13.1. The minimum absolute atomic E-state index is 0.117. The fourth-order valence-corrected chi connectivity index (χ4v) is 4.53. The van der Waals surface area contributed by atoms with Crippen molar-refractivity contribution in [1.82, 2.24) is 4.90 Å². The average molecular weight is 428 g/mol. The molecule has 31 heavy (non-hydrogen) atoms. The van der Waals surface area contributed by atoms with Gasteiger partial charge in [0.05, 0.1) is 37.9 Å². The molecule has 0 spiro atoms. The van der Waals surface area contributed by atoms with Crippen LogP contribution in [0.5, 0.6) is 11.5 Å². The van der Waals surface area contributed by atoms with Gasteiger partial charge in [0, 0.05) is 6.04 Å². The number of aliphatic hydroxyl groups excluding tert-OH is 1. The maximum atomic E-state index is 13.1. The Morgan fingerprint density at radius 3 is 1.68 bits per heavy atom. The largest absolute Gasteiger partial charge is 0.497 e. The fourth-order valence-electron chi connectivity index (χ4n) is 4.53. The standard InChI is InChI=1S/C25H33NO5/c1-16(27)22-23(25(2,3)29)26(24(22)28)19(14-17-6-10-20(30-4)11-7-17)15-18-8-12-21(31-5)13-9-18/h6-13,16,19,22-23,27,29H,14-15H2,1-5H3/t16-,22-,23+/m1/s1. The van der Waals surface area contributed by atoms with E-state index in [1.165, 1.54) is 0 Å². The maximum Gasteiger partial charge on any atom is 0.231 e. The van der Waals surface area contributed by atoms with E-state index in [2.05, 4.69) is 0 Å². The Labute approximate surface area is 184 Å². The lowest BCUT2D eigenvalue weighted by Crippen LogP contribution is -2.73. The van der Waals surface area contributed by atoms with Gasteiger partial charge in [0.25, 0.3) is 0 Å². The second-order valence-electron chi connectivity index (χ2n) is 8.87. The van der Waals surface area contributed by atoms with Crippen LogP contribution in [-0.4, -0.2) is 59.0 Å². The Bertz CT molecular complexity index is 821. The topological polar surface area (TPSA) is 79.2 Å². The summed E-state index contributed by atoms with van der Waals surface area (Å²) >= 11 is 0. The Morgan fingerprint density at radius 1 is 0.935 bits per heavy atom. The molecule has 1 fully saturated rings. The third-order valence-electron chi connectivity index (χ3n) is 6.08. The van der Waals surface area contributed by atoms with Gasteiger partial charge in [0.15, 0.2) is 0 Å². The molecule has 1 saturated heterocycles. The van der Waals surface area contributed by atoms with Crippen molar-refractivity contribution in [1.29, 1.82) is 0 Å². The molecule has 2 aromatic rings. The van der Waals surface area contributed by atoms with E-state index >= 15 is 0 Å². The van der Waals surface area contributed by atoms with Gasteiger partial charge < -0.3 is 24.6 Å². The molecular weight excluding hydrogens is 394 g/mol. The highest BCUT2D eigenvalue weighted by atomic mass is 16.5. The van der Waals surface area contributed by atoms with Crippen molar-refractivity contribution < 1.29 is 24.5 Å². The van der Waals surface area contributed by atoms with E-state index in [9.17, 15) is 15.0 Å². The van der Waals surface area contributed by atoms with Crippen LogP contribution in [0, 0.1) is 5.92 Å².